The molecule has 5 heteroatoms. The first-order chi connectivity index (χ1) is 10.1. The lowest BCUT2D eigenvalue weighted by Gasteiger charge is -2.24. The van der Waals surface area contributed by atoms with E-state index in [1.165, 1.54) is 5.56 Å². The third kappa shape index (κ3) is 2.42. The first-order valence-electron chi connectivity index (χ1n) is 7.46. The Morgan fingerprint density at radius 2 is 2.33 bits per heavy atom. The van der Waals surface area contributed by atoms with Crippen molar-refractivity contribution in [2.75, 3.05) is 6.61 Å². The molecular formula is C16H20N2O3. The number of aliphatic hydroxyl groups is 1. The summed E-state index contributed by atoms with van der Waals surface area (Å²) >= 11 is 0. The number of para-hydroxylation sites is 1. The molecule has 112 valence electrons. The van der Waals surface area contributed by atoms with Gasteiger partial charge in [0.25, 0.3) is 5.88 Å². The van der Waals surface area contributed by atoms with Crippen LogP contribution in [0.15, 0.2) is 23.0 Å². The highest BCUT2D eigenvalue weighted by Crippen LogP contribution is 2.31. The van der Waals surface area contributed by atoms with E-state index in [2.05, 4.69) is 18.0 Å². The van der Waals surface area contributed by atoms with Crippen molar-refractivity contribution in [3.63, 3.8) is 0 Å². The second-order valence-corrected chi connectivity index (χ2v) is 5.65. The molecule has 0 aliphatic carbocycles. The Kier molecular flexibility index (Phi) is 3.68. The van der Waals surface area contributed by atoms with Crippen molar-refractivity contribution < 1.29 is 9.84 Å². The van der Waals surface area contributed by atoms with Crippen molar-refractivity contribution in [1.82, 2.24) is 9.55 Å². The summed E-state index contributed by atoms with van der Waals surface area (Å²) in [5.41, 5.74) is 2.66. The number of hydrogen-bond donors (Lipinski definition) is 1. The molecule has 5 nitrogen and oxygen atoms in total. The zero-order valence-electron chi connectivity index (χ0n) is 12.4. The molecular weight excluding hydrogens is 268 g/mol. The Morgan fingerprint density at radius 1 is 1.52 bits per heavy atom. The van der Waals surface area contributed by atoms with Gasteiger partial charge in [-0.3, -0.25) is 4.79 Å². The molecule has 0 amide bonds. The van der Waals surface area contributed by atoms with Crippen LogP contribution < -0.4 is 10.3 Å². The second-order valence-electron chi connectivity index (χ2n) is 5.65. The summed E-state index contributed by atoms with van der Waals surface area (Å²) in [7, 11) is 0. The van der Waals surface area contributed by atoms with Gasteiger partial charge in [-0.1, -0.05) is 26.0 Å². The summed E-state index contributed by atoms with van der Waals surface area (Å²) in [5.74, 6) is 0.519. The highest BCUT2D eigenvalue weighted by Gasteiger charge is 2.22. The van der Waals surface area contributed by atoms with Crippen molar-refractivity contribution in [3.05, 3.63) is 34.1 Å². The maximum absolute atomic E-state index is 12.5. The van der Waals surface area contributed by atoms with E-state index >= 15 is 0 Å². The molecule has 2 heterocycles. The molecule has 21 heavy (non-hydrogen) atoms. The Labute approximate surface area is 123 Å². The fraction of sp³-hybridized carbons (Fsp3) is 0.500. The van der Waals surface area contributed by atoms with Crippen LogP contribution in [0.1, 0.15) is 38.2 Å². The number of ether oxygens (including phenoxy) is 1. The van der Waals surface area contributed by atoms with Crippen LogP contribution in [0, 0.1) is 0 Å². The topological polar surface area (TPSA) is 64.3 Å². The van der Waals surface area contributed by atoms with E-state index in [0.29, 0.717) is 18.9 Å². The average molecular weight is 288 g/mol. The van der Waals surface area contributed by atoms with E-state index in [9.17, 15) is 9.90 Å². The molecule has 1 aromatic heterocycles. The van der Waals surface area contributed by atoms with Crippen LogP contribution in [0.4, 0.5) is 0 Å². The van der Waals surface area contributed by atoms with Gasteiger partial charge in [0.05, 0.1) is 17.1 Å². The van der Waals surface area contributed by atoms with Crippen LogP contribution in [-0.4, -0.2) is 27.4 Å². The SMILES string of the molecule is CCC(O)COc1nc2cccc3c2n(c1=O)CCC3C. The molecule has 0 bridgehead atoms. The van der Waals surface area contributed by atoms with Gasteiger partial charge in [-0.2, -0.15) is 0 Å². The summed E-state index contributed by atoms with van der Waals surface area (Å²) in [6.07, 6.45) is 0.950. The van der Waals surface area contributed by atoms with Crippen LogP contribution in [0.25, 0.3) is 11.0 Å². The van der Waals surface area contributed by atoms with E-state index < -0.39 is 6.10 Å². The molecule has 0 radical (unpaired) electrons. The summed E-state index contributed by atoms with van der Waals surface area (Å²) < 4.78 is 7.19. The molecule has 1 aliphatic heterocycles. The normalized spacial score (nSPS) is 18.7. The number of nitrogens with zero attached hydrogens (tertiary/aromatic N) is 2. The zero-order chi connectivity index (χ0) is 15.0. The van der Waals surface area contributed by atoms with Gasteiger partial charge in [-0.15, -0.1) is 0 Å². The maximum atomic E-state index is 12.5. The smallest absolute Gasteiger partial charge is 0.313 e. The minimum Gasteiger partial charge on any atom is -0.471 e. The maximum Gasteiger partial charge on any atom is 0.313 e. The number of benzene rings is 1. The summed E-state index contributed by atoms with van der Waals surface area (Å²) in [4.78, 5) is 16.9. The van der Waals surface area contributed by atoms with Gasteiger partial charge in [0.1, 0.15) is 6.61 Å². The molecule has 2 aromatic rings. The van der Waals surface area contributed by atoms with Crippen molar-refractivity contribution in [2.24, 2.45) is 0 Å². The number of aromatic nitrogens is 2. The van der Waals surface area contributed by atoms with Crippen LogP contribution >= 0.6 is 0 Å². The highest BCUT2D eigenvalue weighted by atomic mass is 16.5. The molecule has 1 N–H and O–H groups in total. The summed E-state index contributed by atoms with van der Waals surface area (Å²) in [6, 6.07) is 5.92. The Hall–Kier alpha value is -1.88. The molecule has 2 atom stereocenters. The fourth-order valence-corrected chi connectivity index (χ4v) is 2.78. The monoisotopic (exact) mass is 288 g/mol. The third-order valence-electron chi connectivity index (χ3n) is 4.17. The van der Waals surface area contributed by atoms with Crippen LogP contribution in [-0.2, 0) is 6.54 Å². The number of aryl methyl sites for hydroxylation is 1. The Morgan fingerprint density at radius 3 is 3.10 bits per heavy atom. The lowest BCUT2D eigenvalue weighted by atomic mass is 9.93. The third-order valence-corrected chi connectivity index (χ3v) is 4.17. The van der Waals surface area contributed by atoms with Crippen molar-refractivity contribution in [1.29, 1.82) is 0 Å². The Bertz CT molecular complexity index is 723. The van der Waals surface area contributed by atoms with Gasteiger partial charge in [-0.25, -0.2) is 4.98 Å². The molecule has 0 fully saturated rings. The minimum absolute atomic E-state index is 0.0849. The number of aliphatic hydroxyl groups excluding tert-OH is 1. The summed E-state index contributed by atoms with van der Waals surface area (Å²) in [6.45, 7) is 4.82. The molecule has 0 spiro atoms. The largest absolute Gasteiger partial charge is 0.471 e. The number of rotatable bonds is 4. The van der Waals surface area contributed by atoms with E-state index in [4.69, 9.17) is 4.74 Å². The van der Waals surface area contributed by atoms with Gasteiger partial charge in [0.2, 0.25) is 0 Å². The zero-order valence-corrected chi connectivity index (χ0v) is 12.4. The molecule has 3 rings (SSSR count). The Balaban J connectivity index is 2.10. The predicted molar refractivity (Wildman–Crippen MR) is 80.8 cm³/mol. The van der Waals surface area contributed by atoms with Gasteiger partial charge in [-0.05, 0) is 30.4 Å². The van der Waals surface area contributed by atoms with Crippen molar-refractivity contribution in [2.45, 2.75) is 45.3 Å². The minimum atomic E-state index is -0.574. The fourth-order valence-electron chi connectivity index (χ4n) is 2.78. The van der Waals surface area contributed by atoms with Crippen LogP contribution in [0.2, 0.25) is 0 Å². The predicted octanol–water partition coefficient (Wildman–Crippen LogP) is 2.05. The van der Waals surface area contributed by atoms with Crippen LogP contribution in [0.5, 0.6) is 5.88 Å². The van der Waals surface area contributed by atoms with Gasteiger partial charge in [0.15, 0.2) is 0 Å². The molecule has 0 saturated carbocycles. The van der Waals surface area contributed by atoms with E-state index in [-0.39, 0.29) is 18.0 Å². The molecule has 1 aromatic carbocycles. The van der Waals surface area contributed by atoms with Crippen LogP contribution in [0.3, 0.4) is 0 Å². The molecule has 2 unspecified atom stereocenters. The molecule has 0 saturated heterocycles. The highest BCUT2D eigenvalue weighted by molar-refractivity contribution is 5.80. The van der Waals surface area contributed by atoms with Gasteiger partial charge >= 0.3 is 5.56 Å². The first-order valence-corrected chi connectivity index (χ1v) is 7.46. The summed E-state index contributed by atoms with van der Waals surface area (Å²) in [5, 5.41) is 9.58. The standard InChI is InChI=1S/C16H20N2O3/c1-3-11(19)9-21-15-16(20)18-8-7-10(2)12-5-4-6-13(17-15)14(12)18/h4-6,10-11,19H,3,7-9H2,1-2H3. The lowest BCUT2D eigenvalue weighted by molar-refractivity contribution is 0.101. The average Bonchev–Trinajstić information content (AvgIpc) is 2.50. The van der Waals surface area contributed by atoms with Crippen molar-refractivity contribution >= 4 is 11.0 Å². The van der Waals surface area contributed by atoms with E-state index in [1.54, 1.807) is 4.57 Å². The quantitative estimate of drug-likeness (QED) is 0.935. The number of hydrogen-bond acceptors (Lipinski definition) is 4. The second kappa shape index (κ2) is 5.48. The van der Waals surface area contributed by atoms with Gasteiger partial charge < -0.3 is 14.4 Å². The van der Waals surface area contributed by atoms with Crippen molar-refractivity contribution in [3.8, 4) is 5.88 Å². The first kappa shape index (κ1) is 14.1. The van der Waals surface area contributed by atoms with E-state index in [1.807, 2.05) is 19.1 Å². The molecule has 1 aliphatic rings. The van der Waals surface area contributed by atoms with E-state index in [0.717, 1.165) is 17.5 Å². The van der Waals surface area contributed by atoms with Gasteiger partial charge in [0, 0.05) is 6.54 Å². The lowest BCUT2D eigenvalue weighted by Crippen LogP contribution is -2.29.